The first kappa shape index (κ1) is 23.4. The van der Waals surface area contributed by atoms with Crippen LogP contribution >= 0.6 is 70.4 Å². The van der Waals surface area contributed by atoms with Crippen molar-refractivity contribution in [3.05, 3.63) is 44.6 Å². The van der Waals surface area contributed by atoms with Gasteiger partial charge in [-0.15, -0.1) is 11.8 Å². The minimum Gasteiger partial charge on any atom is -0.330 e. The normalized spacial score (nSPS) is 11.2. The molecule has 0 aliphatic heterocycles. The average molecular weight is 510 g/mol. The third-order valence-electron chi connectivity index (χ3n) is 3.08. The van der Waals surface area contributed by atoms with Gasteiger partial charge >= 0.3 is 6.18 Å². The van der Waals surface area contributed by atoms with E-state index in [-0.39, 0.29) is 36.9 Å². The zero-order valence-electron chi connectivity index (χ0n) is 13.6. The fourth-order valence-electron chi connectivity index (χ4n) is 1.84. The minimum absolute atomic E-state index is 0.0365. The number of aromatic nitrogens is 1. The number of thioether (sulfide) groups is 1. The van der Waals surface area contributed by atoms with Gasteiger partial charge in [-0.25, -0.2) is 4.98 Å². The van der Waals surface area contributed by atoms with E-state index in [9.17, 15) is 13.2 Å². The molecule has 0 spiro atoms. The van der Waals surface area contributed by atoms with E-state index in [1.165, 1.54) is 0 Å². The zero-order valence-corrected chi connectivity index (χ0v) is 18.3. The van der Waals surface area contributed by atoms with Gasteiger partial charge in [0.1, 0.15) is 10.0 Å². The summed E-state index contributed by atoms with van der Waals surface area (Å²) < 4.78 is 37.0. The molecule has 0 unspecified atom stereocenters. The van der Waals surface area contributed by atoms with Crippen LogP contribution in [0.1, 0.15) is 6.42 Å². The number of hydrogen-bond donors (Lipinski definition) is 3. The second-order valence-corrected chi connectivity index (χ2v) is 8.13. The van der Waals surface area contributed by atoms with E-state index in [2.05, 4.69) is 21.2 Å². The molecule has 0 saturated heterocycles. The number of nitrogens with zero attached hydrogens (tertiary/aromatic N) is 1. The first-order valence-corrected chi connectivity index (χ1v) is 10.3. The summed E-state index contributed by atoms with van der Waals surface area (Å²) in [6.07, 6.45) is -5.10. The topological polar surface area (TPSA) is 49.0 Å². The van der Waals surface area contributed by atoms with Gasteiger partial charge in [0.25, 0.3) is 0 Å². The number of anilines is 2. The van der Waals surface area contributed by atoms with E-state index in [0.29, 0.717) is 10.6 Å². The van der Waals surface area contributed by atoms with E-state index in [0.717, 1.165) is 11.8 Å². The number of rotatable bonds is 6. The van der Waals surface area contributed by atoms with Crippen molar-refractivity contribution < 1.29 is 13.2 Å². The van der Waals surface area contributed by atoms with Crippen LogP contribution in [0.3, 0.4) is 0 Å². The molecule has 4 nitrogen and oxygen atoms in total. The highest BCUT2D eigenvalue weighted by Gasteiger charge is 2.26. The molecular formula is C15H11Cl4F3N4S2. The van der Waals surface area contributed by atoms with Crippen LogP contribution in [-0.2, 0) is 0 Å². The molecule has 1 aromatic heterocycles. The summed E-state index contributed by atoms with van der Waals surface area (Å²) in [5, 5.41) is 2.97. The maximum atomic E-state index is 12.3. The first-order valence-electron chi connectivity index (χ1n) is 7.40. The predicted octanol–water partition coefficient (Wildman–Crippen LogP) is 7.05. The van der Waals surface area contributed by atoms with Crippen molar-refractivity contribution in [2.24, 2.45) is 0 Å². The zero-order chi connectivity index (χ0) is 20.9. The number of benzene rings is 1. The predicted molar refractivity (Wildman–Crippen MR) is 115 cm³/mol. The van der Waals surface area contributed by atoms with Crippen molar-refractivity contribution in [3.63, 3.8) is 0 Å². The molecule has 3 N–H and O–H groups in total. The Morgan fingerprint density at radius 2 is 1.68 bits per heavy atom. The molecule has 0 aliphatic rings. The second-order valence-electron chi connectivity index (χ2n) is 5.11. The molecule has 0 atom stereocenters. The number of alkyl halides is 3. The first-order chi connectivity index (χ1) is 13.1. The maximum Gasteiger partial charge on any atom is 0.389 e. The Kier molecular flexibility index (Phi) is 8.60. The van der Waals surface area contributed by atoms with Crippen molar-refractivity contribution in [3.8, 4) is 0 Å². The molecule has 0 bridgehead atoms. The monoisotopic (exact) mass is 508 g/mol. The average Bonchev–Trinajstić information content (AvgIpc) is 2.60. The van der Waals surface area contributed by atoms with Gasteiger partial charge in [0.2, 0.25) is 0 Å². The third-order valence-corrected chi connectivity index (χ3v) is 5.83. The van der Waals surface area contributed by atoms with Gasteiger partial charge in [-0.3, -0.25) is 10.9 Å². The van der Waals surface area contributed by atoms with E-state index in [1.807, 2.05) is 0 Å². The van der Waals surface area contributed by atoms with Crippen molar-refractivity contribution in [1.82, 2.24) is 10.4 Å². The third kappa shape index (κ3) is 6.89. The molecular weight excluding hydrogens is 499 g/mol. The van der Waals surface area contributed by atoms with E-state index in [4.69, 9.17) is 58.6 Å². The summed E-state index contributed by atoms with van der Waals surface area (Å²) >= 11 is 30.0. The molecule has 0 saturated carbocycles. The molecule has 0 amide bonds. The van der Waals surface area contributed by atoms with Crippen LogP contribution in [0.5, 0.6) is 0 Å². The summed E-state index contributed by atoms with van der Waals surface area (Å²) in [6.45, 7) is 0. The number of pyridine rings is 1. The lowest BCUT2D eigenvalue weighted by Crippen LogP contribution is -2.33. The molecule has 2 rings (SSSR count). The second kappa shape index (κ2) is 10.3. The van der Waals surface area contributed by atoms with Crippen LogP contribution in [0.2, 0.25) is 20.4 Å². The van der Waals surface area contributed by atoms with Crippen molar-refractivity contribution in [2.75, 3.05) is 16.5 Å². The molecule has 1 aromatic carbocycles. The number of nitrogens with one attached hydrogen (secondary N) is 3. The molecule has 28 heavy (non-hydrogen) atoms. The molecule has 1 heterocycles. The highest BCUT2D eigenvalue weighted by atomic mass is 35.5. The number of para-hydroxylation sites is 1. The van der Waals surface area contributed by atoms with Gasteiger partial charge in [0.05, 0.1) is 17.8 Å². The van der Waals surface area contributed by atoms with E-state index in [1.54, 1.807) is 24.3 Å². The standard InChI is InChI=1S/C15H11Cl4F3N4S2/c16-9-11(10(17)13(19)24-12(9)18)25-26-14(27)23-7-3-1-2-4-8(7)28-6-5-15(20,21)22/h1-4H,5-6H2,(H,24,25)(H2,23,26,27). The Morgan fingerprint density at radius 1 is 1.07 bits per heavy atom. The summed E-state index contributed by atoms with van der Waals surface area (Å²) in [5.41, 5.74) is 6.05. The highest BCUT2D eigenvalue weighted by Crippen LogP contribution is 2.38. The minimum atomic E-state index is -4.21. The Balaban J connectivity index is 2.01. The van der Waals surface area contributed by atoms with Crippen LogP contribution in [0.15, 0.2) is 29.2 Å². The van der Waals surface area contributed by atoms with Gasteiger partial charge in [-0.05, 0) is 24.4 Å². The fourth-order valence-corrected chi connectivity index (χ4v) is 3.82. The van der Waals surface area contributed by atoms with Crippen molar-refractivity contribution in [2.45, 2.75) is 17.5 Å². The summed E-state index contributed by atoms with van der Waals surface area (Å²) in [4.78, 5) is 4.37. The Morgan fingerprint density at radius 3 is 2.29 bits per heavy atom. The lowest BCUT2D eigenvalue weighted by atomic mass is 10.3. The SMILES string of the molecule is FC(F)(F)CCSc1ccccc1NC(=S)NNc1c(Cl)c(Cl)nc(Cl)c1Cl. The van der Waals surface area contributed by atoms with Gasteiger partial charge in [-0.2, -0.15) is 13.2 Å². The van der Waals surface area contributed by atoms with Crippen LogP contribution in [0.4, 0.5) is 24.5 Å². The van der Waals surface area contributed by atoms with E-state index < -0.39 is 12.6 Å². The van der Waals surface area contributed by atoms with E-state index >= 15 is 0 Å². The number of hydrogen-bond acceptors (Lipinski definition) is 4. The maximum absolute atomic E-state index is 12.3. The quantitative estimate of drug-likeness (QED) is 0.168. The fraction of sp³-hybridized carbons (Fsp3) is 0.200. The largest absolute Gasteiger partial charge is 0.389 e. The highest BCUT2D eigenvalue weighted by molar-refractivity contribution is 7.99. The van der Waals surface area contributed by atoms with Crippen LogP contribution < -0.4 is 16.2 Å². The van der Waals surface area contributed by atoms with Crippen LogP contribution in [-0.4, -0.2) is 22.0 Å². The Labute approximate surface area is 188 Å². The molecule has 0 fully saturated rings. The number of thiocarbonyl (C=S) groups is 1. The van der Waals surface area contributed by atoms with Crippen LogP contribution in [0, 0.1) is 0 Å². The van der Waals surface area contributed by atoms with Gasteiger partial charge in [0.15, 0.2) is 15.4 Å². The number of hydrazine groups is 1. The summed E-state index contributed by atoms with van der Waals surface area (Å²) in [6, 6.07) is 6.82. The molecule has 0 radical (unpaired) electrons. The summed E-state index contributed by atoms with van der Waals surface area (Å²) in [7, 11) is 0. The van der Waals surface area contributed by atoms with Gasteiger partial charge in [0, 0.05) is 10.6 Å². The van der Waals surface area contributed by atoms with Crippen molar-refractivity contribution in [1.29, 1.82) is 0 Å². The molecule has 2 aromatic rings. The Bertz CT molecular complexity index is 842. The lowest BCUT2D eigenvalue weighted by molar-refractivity contribution is -0.129. The smallest absolute Gasteiger partial charge is 0.330 e. The molecule has 13 heteroatoms. The number of halogens is 7. The molecule has 0 aliphatic carbocycles. The van der Waals surface area contributed by atoms with Crippen LogP contribution in [0.25, 0.3) is 0 Å². The van der Waals surface area contributed by atoms with Gasteiger partial charge < -0.3 is 5.32 Å². The van der Waals surface area contributed by atoms with Gasteiger partial charge in [-0.1, -0.05) is 58.5 Å². The lowest BCUT2D eigenvalue weighted by Gasteiger charge is -2.17. The summed E-state index contributed by atoms with van der Waals surface area (Å²) in [5.74, 6) is -0.111. The van der Waals surface area contributed by atoms with Crippen molar-refractivity contribution >= 4 is 86.9 Å². The molecule has 152 valence electrons. The Hall–Kier alpha value is -0.840.